The van der Waals surface area contributed by atoms with Crippen molar-refractivity contribution in [3.05, 3.63) is 12.3 Å². The van der Waals surface area contributed by atoms with E-state index in [9.17, 15) is 48.1 Å². The molecule has 2 aliphatic heterocycles. The molecule has 200 valence electrons. The summed E-state index contributed by atoms with van der Waals surface area (Å²) in [5, 5.41) is 20.9. The van der Waals surface area contributed by atoms with E-state index < -0.39 is 71.0 Å². The molecule has 0 saturated carbocycles. The molecule has 0 radical (unpaired) electrons. The number of hydrogen-bond acceptors (Lipinski definition) is 12. The Balaban J connectivity index is 2.22. The van der Waals surface area contributed by atoms with Crippen molar-refractivity contribution >= 4 is 41.8 Å². The minimum absolute atomic E-state index is 0.0300. The van der Waals surface area contributed by atoms with Gasteiger partial charge in [0.25, 0.3) is 5.91 Å². The van der Waals surface area contributed by atoms with Crippen LogP contribution in [0.1, 0.15) is 19.8 Å². The van der Waals surface area contributed by atoms with Gasteiger partial charge < -0.3 is 34.5 Å². The van der Waals surface area contributed by atoms with E-state index in [2.05, 4.69) is 13.1 Å². The number of unbranched alkanes of at least 4 members (excludes halogenated alkanes) is 1. The Hall–Kier alpha value is -1.20. The van der Waals surface area contributed by atoms with E-state index in [1.165, 1.54) is 0 Å². The van der Waals surface area contributed by atoms with E-state index in [0.29, 0.717) is 12.8 Å². The van der Waals surface area contributed by atoms with Crippen molar-refractivity contribution in [2.45, 2.75) is 44.3 Å². The van der Waals surface area contributed by atoms with Crippen LogP contribution in [0.25, 0.3) is 0 Å². The zero-order valence-corrected chi connectivity index (χ0v) is 20.6. The molecule has 4 amide bonds. The molecule has 6 N–H and O–H groups in total. The predicted octanol–water partition coefficient (Wildman–Crippen LogP) is -0.974. The van der Waals surface area contributed by atoms with Crippen molar-refractivity contribution < 1.29 is 80.2 Å². The molecule has 35 heavy (non-hydrogen) atoms. The maximum absolute atomic E-state index is 13.0. The van der Waals surface area contributed by atoms with Gasteiger partial charge in [-0.3, -0.25) is 14.1 Å². The number of rotatable bonds is 12. The second-order valence-corrected chi connectivity index (χ2v) is 11.8. The fraction of sp³-hybridized carbons (Fsp3) is 0.643. The summed E-state index contributed by atoms with van der Waals surface area (Å²) >= 11 is 0. The molecule has 1 saturated heterocycles. The summed E-state index contributed by atoms with van der Waals surface area (Å²) < 4.78 is 50.1. The quantitative estimate of drug-likeness (QED) is 0.0937. The summed E-state index contributed by atoms with van der Waals surface area (Å²) in [5.74, 6) is -0.951. The summed E-state index contributed by atoms with van der Waals surface area (Å²) in [6.07, 6.45) is -4.17. The van der Waals surface area contributed by atoms with Crippen molar-refractivity contribution in [2.24, 2.45) is 0 Å². The van der Waals surface area contributed by atoms with Crippen molar-refractivity contribution in [1.29, 1.82) is 0 Å². The largest absolute Gasteiger partial charge is 0.490 e. The highest BCUT2D eigenvalue weighted by atomic mass is 31.3. The first kappa shape index (κ1) is 30.0. The number of hydrogen-bond donors (Lipinski definition) is 6. The summed E-state index contributed by atoms with van der Waals surface area (Å²) in [5.41, 5.74) is 0. The predicted molar refractivity (Wildman–Crippen MR) is 108 cm³/mol. The van der Waals surface area contributed by atoms with Crippen LogP contribution in [0.5, 0.6) is 0 Å². The number of phosphoric acid groups is 3. The van der Waals surface area contributed by atoms with Crippen LogP contribution in [0.4, 0.5) is 4.79 Å². The van der Waals surface area contributed by atoms with Gasteiger partial charge in [-0.25, -0.2) is 18.5 Å². The lowest BCUT2D eigenvalue weighted by molar-refractivity contribution is -0.858. The van der Waals surface area contributed by atoms with E-state index in [-0.39, 0.29) is 17.9 Å². The van der Waals surface area contributed by atoms with Crippen molar-refractivity contribution in [3.63, 3.8) is 0 Å². The highest BCUT2D eigenvalue weighted by Gasteiger charge is 2.60. The number of aliphatic hydroxyl groups excluding tert-OH is 2. The Kier molecular flexibility index (Phi) is 9.48. The smallest absolute Gasteiger partial charge is 0.387 e. The van der Waals surface area contributed by atoms with Crippen LogP contribution in [0, 0.1) is 0 Å². The molecule has 0 aliphatic carbocycles. The third-order valence-electron chi connectivity index (χ3n) is 4.88. The first-order valence-corrected chi connectivity index (χ1v) is 14.2. The third-order valence-corrected chi connectivity index (χ3v) is 8.68. The maximum atomic E-state index is 13.0. The number of amides is 4. The van der Waals surface area contributed by atoms with Crippen LogP contribution in [0.15, 0.2) is 12.3 Å². The minimum Gasteiger partial charge on any atom is -0.387 e. The molecule has 21 heteroatoms. The first-order chi connectivity index (χ1) is 16.0. The number of carbonyl (C=O) groups is 3. The van der Waals surface area contributed by atoms with Gasteiger partial charge in [0, 0.05) is 0 Å². The van der Waals surface area contributed by atoms with Crippen LogP contribution in [-0.4, -0.2) is 95.2 Å². The standard InChI is InChI=1S/C14H23N2O16P3/c1-2-3-5-16(6-4-10(18)15(8-17)14(16)21)13-12(20)11(19)9(30-13)7-29-34(25,26)32-35(27,28)31-33(22,23)24/h4,6,8-9,11-13,19-20H,2-3,5,7H2,1H3,(H3-,22,23,24,25,26,27,28)/p+1/t9-,11-,12-,13-,16?/m1/s1. The zero-order valence-electron chi connectivity index (χ0n) is 17.9. The van der Waals surface area contributed by atoms with Gasteiger partial charge in [-0.15, -0.1) is 0 Å². The minimum atomic E-state index is -5.79. The summed E-state index contributed by atoms with van der Waals surface area (Å²) in [7, 11) is -17.0. The van der Waals surface area contributed by atoms with Crippen LogP contribution in [-0.2, 0) is 41.2 Å². The molecule has 0 aromatic carbocycles. The molecule has 0 spiro atoms. The van der Waals surface area contributed by atoms with E-state index in [1.54, 1.807) is 6.92 Å². The van der Waals surface area contributed by atoms with Gasteiger partial charge >= 0.3 is 29.5 Å². The van der Waals surface area contributed by atoms with Gasteiger partial charge in [0.1, 0.15) is 18.4 Å². The number of urea groups is 1. The van der Waals surface area contributed by atoms with Gasteiger partial charge in [0.2, 0.25) is 12.6 Å². The average Bonchev–Trinajstić information content (AvgIpc) is 2.99. The highest BCUT2D eigenvalue weighted by Crippen LogP contribution is 2.66. The maximum Gasteiger partial charge on any atom is 0.490 e. The van der Waals surface area contributed by atoms with Gasteiger partial charge in [-0.2, -0.15) is 18.0 Å². The molecule has 1 fully saturated rings. The molecule has 3 unspecified atom stereocenters. The number of carbonyl (C=O) groups excluding carboxylic acids is 3. The third kappa shape index (κ3) is 7.19. The van der Waals surface area contributed by atoms with Crippen LogP contribution >= 0.6 is 23.5 Å². The lowest BCUT2D eigenvalue weighted by Crippen LogP contribution is -2.66. The van der Waals surface area contributed by atoms with Crippen molar-refractivity contribution in [3.8, 4) is 0 Å². The Morgan fingerprint density at radius 3 is 2.26 bits per heavy atom. The summed E-state index contributed by atoms with van der Waals surface area (Å²) in [6.45, 7) is 0.588. The molecule has 2 aliphatic rings. The van der Waals surface area contributed by atoms with Crippen LogP contribution < -0.4 is 0 Å². The molecule has 0 bridgehead atoms. The molecular weight excluding hydrogens is 545 g/mol. The number of nitrogens with zero attached hydrogens (tertiary/aromatic N) is 2. The number of imide groups is 3. The lowest BCUT2D eigenvalue weighted by atomic mass is 10.1. The Bertz CT molecular complexity index is 1010. The van der Waals surface area contributed by atoms with Crippen LogP contribution in [0.3, 0.4) is 0 Å². The van der Waals surface area contributed by atoms with Gasteiger partial charge in [-0.1, -0.05) is 13.3 Å². The van der Waals surface area contributed by atoms with E-state index >= 15 is 0 Å². The SMILES string of the molecule is CCCC[N+]1([C@@H]2O[C@H](COP(=O)(O)OP(=O)(O)OP(=O)(O)O)[C@@H](O)[C@H]2O)C=CC(=O)N(C=O)C1=O. The number of quaternary nitrogens is 1. The molecule has 7 atom stereocenters. The van der Waals surface area contributed by atoms with E-state index in [0.717, 1.165) is 12.3 Å². The van der Waals surface area contributed by atoms with Gasteiger partial charge in [0.05, 0.1) is 19.2 Å². The van der Waals surface area contributed by atoms with E-state index in [4.69, 9.17) is 14.5 Å². The normalized spacial score (nSPS) is 32.9. The van der Waals surface area contributed by atoms with Crippen molar-refractivity contribution in [1.82, 2.24) is 4.90 Å². The molecular formula is C14H24N2O16P3+. The summed E-state index contributed by atoms with van der Waals surface area (Å²) in [4.78, 5) is 72.2. The molecule has 0 aromatic rings. The first-order valence-electron chi connectivity index (χ1n) is 9.68. The molecule has 0 aromatic heterocycles. The Morgan fingerprint density at radius 2 is 1.71 bits per heavy atom. The summed E-state index contributed by atoms with van der Waals surface area (Å²) in [6, 6.07) is -1.09. The second-order valence-electron chi connectivity index (χ2n) is 7.35. The Morgan fingerprint density at radius 1 is 1.09 bits per heavy atom. The zero-order chi connectivity index (χ0) is 26.8. The topological polar surface area (TPSA) is 264 Å². The fourth-order valence-electron chi connectivity index (χ4n) is 3.36. The van der Waals surface area contributed by atoms with Crippen LogP contribution in [0.2, 0.25) is 0 Å². The molecule has 2 rings (SSSR count). The second kappa shape index (κ2) is 11.0. The van der Waals surface area contributed by atoms with E-state index in [1.807, 2.05) is 0 Å². The molecule has 2 heterocycles. The highest BCUT2D eigenvalue weighted by molar-refractivity contribution is 7.66. The lowest BCUT2D eigenvalue weighted by Gasteiger charge is -2.40. The van der Waals surface area contributed by atoms with Gasteiger partial charge in [0.15, 0.2) is 6.10 Å². The fourth-order valence-corrected chi connectivity index (χ4v) is 6.39. The number of aliphatic hydroxyl groups is 2. The molecule has 18 nitrogen and oxygen atoms in total. The average molecular weight is 569 g/mol. The number of ether oxygens (including phenoxy) is 1. The monoisotopic (exact) mass is 569 g/mol. The van der Waals surface area contributed by atoms with Gasteiger partial charge in [-0.05, 0) is 6.42 Å². The Labute approximate surface area is 197 Å². The number of phosphoric ester groups is 1. The van der Waals surface area contributed by atoms with Crippen molar-refractivity contribution in [2.75, 3.05) is 13.2 Å².